The molecule has 2 rings (SSSR count). The summed E-state index contributed by atoms with van der Waals surface area (Å²) in [5.74, 6) is 1.58. The third-order valence-electron chi connectivity index (χ3n) is 2.64. The zero-order chi connectivity index (χ0) is 13.8. The van der Waals surface area contributed by atoms with Gasteiger partial charge >= 0.3 is 0 Å². The highest BCUT2D eigenvalue weighted by molar-refractivity contribution is 9.10. The van der Waals surface area contributed by atoms with E-state index < -0.39 is 0 Å². The number of hydrogen-bond acceptors (Lipinski definition) is 3. The van der Waals surface area contributed by atoms with E-state index in [1.165, 1.54) is 0 Å². The number of halogens is 1. The average molecular weight is 322 g/mol. The summed E-state index contributed by atoms with van der Waals surface area (Å²) in [7, 11) is 1.65. The van der Waals surface area contributed by atoms with Gasteiger partial charge in [0.2, 0.25) is 5.95 Å². The second-order valence-electron chi connectivity index (χ2n) is 4.06. The van der Waals surface area contributed by atoms with Crippen LogP contribution in [-0.2, 0) is 0 Å². The van der Waals surface area contributed by atoms with Crippen LogP contribution in [0.25, 0.3) is 5.69 Å². The first-order chi connectivity index (χ1) is 9.15. The third-order valence-corrected chi connectivity index (χ3v) is 3.30. The Morgan fingerprint density at radius 3 is 3.00 bits per heavy atom. The summed E-state index contributed by atoms with van der Waals surface area (Å²) in [4.78, 5) is 4.45. The molecular formula is C14H16BrN3O. The lowest BCUT2D eigenvalue weighted by molar-refractivity contribution is 0.412. The second kappa shape index (κ2) is 5.93. The second-order valence-corrected chi connectivity index (χ2v) is 4.92. The van der Waals surface area contributed by atoms with Crippen LogP contribution < -0.4 is 10.1 Å². The highest BCUT2D eigenvalue weighted by Gasteiger charge is 2.09. The van der Waals surface area contributed by atoms with Crippen LogP contribution in [0.5, 0.6) is 5.75 Å². The van der Waals surface area contributed by atoms with Crippen LogP contribution in [0.4, 0.5) is 5.95 Å². The molecule has 0 aliphatic carbocycles. The van der Waals surface area contributed by atoms with Crippen molar-refractivity contribution in [2.24, 2.45) is 0 Å². The number of imidazole rings is 1. The van der Waals surface area contributed by atoms with Crippen LogP contribution in [0, 0.1) is 6.92 Å². The van der Waals surface area contributed by atoms with E-state index in [1.807, 2.05) is 35.9 Å². The van der Waals surface area contributed by atoms with Crippen LogP contribution in [0.2, 0.25) is 0 Å². The Bertz CT molecular complexity index is 592. The van der Waals surface area contributed by atoms with Crippen LogP contribution in [0.15, 0.2) is 41.5 Å². The molecule has 0 radical (unpaired) electrons. The molecule has 0 unspecified atom stereocenters. The van der Waals surface area contributed by atoms with E-state index in [1.54, 1.807) is 13.2 Å². The van der Waals surface area contributed by atoms with Crippen LogP contribution in [-0.4, -0.2) is 23.2 Å². The van der Waals surface area contributed by atoms with E-state index in [0.29, 0.717) is 6.54 Å². The van der Waals surface area contributed by atoms with Crippen molar-refractivity contribution in [3.8, 4) is 11.4 Å². The summed E-state index contributed by atoms with van der Waals surface area (Å²) in [5.41, 5.74) is 1.95. The molecule has 0 aliphatic heterocycles. The van der Waals surface area contributed by atoms with Crippen molar-refractivity contribution in [3.05, 3.63) is 47.2 Å². The molecule has 0 bridgehead atoms. The molecule has 5 heteroatoms. The van der Waals surface area contributed by atoms with Crippen molar-refractivity contribution >= 4 is 21.9 Å². The number of methoxy groups -OCH3 is 1. The minimum atomic E-state index is 0.671. The molecule has 1 aromatic carbocycles. The van der Waals surface area contributed by atoms with Gasteiger partial charge in [-0.15, -0.1) is 6.58 Å². The highest BCUT2D eigenvalue weighted by Crippen LogP contribution is 2.28. The molecule has 0 saturated carbocycles. The van der Waals surface area contributed by atoms with E-state index in [2.05, 4.69) is 32.8 Å². The first-order valence-corrected chi connectivity index (χ1v) is 6.69. The normalized spacial score (nSPS) is 10.3. The molecule has 1 N–H and O–H groups in total. The Morgan fingerprint density at radius 1 is 1.53 bits per heavy atom. The lowest BCUT2D eigenvalue weighted by atomic mass is 10.3. The Hall–Kier alpha value is -1.75. The molecule has 0 aliphatic rings. The first-order valence-electron chi connectivity index (χ1n) is 5.90. The quantitative estimate of drug-likeness (QED) is 0.856. The summed E-state index contributed by atoms with van der Waals surface area (Å²) >= 11 is 3.45. The lowest BCUT2D eigenvalue weighted by Gasteiger charge is -2.10. The third kappa shape index (κ3) is 2.98. The first kappa shape index (κ1) is 13.7. The van der Waals surface area contributed by atoms with E-state index in [-0.39, 0.29) is 0 Å². The number of anilines is 1. The monoisotopic (exact) mass is 321 g/mol. The van der Waals surface area contributed by atoms with E-state index >= 15 is 0 Å². The van der Waals surface area contributed by atoms with Gasteiger partial charge in [0, 0.05) is 18.8 Å². The van der Waals surface area contributed by atoms with Gasteiger partial charge < -0.3 is 10.1 Å². The van der Waals surface area contributed by atoms with Gasteiger partial charge in [0.1, 0.15) is 5.75 Å². The molecule has 100 valence electrons. The van der Waals surface area contributed by atoms with Gasteiger partial charge in [-0.2, -0.15) is 0 Å². The van der Waals surface area contributed by atoms with Crippen molar-refractivity contribution < 1.29 is 4.74 Å². The number of nitrogens with zero attached hydrogens (tertiary/aromatic N) is 2. The summed E-state index contributed by atoms with van der Waals surface area (Å²) in [6.45, 7) is 6.33. The van der Waals surface area contributed by atoms with Crippen LogP contribution in [0.1, 0.15) is 5.69 Å². The van der Waals surface area contributed by atoms with Crippen molar-refractivity contribution in [1.29, 1.82) is 0 Å². The predicted molar refractivity (Wildman–Crippen MR) is 81.2 cm³/mol. The van der Waals surface area contributed by atoms with E-state index in [4.69, 9.17) is 4.74 Å². The lowest BCUT2D eigenvalue weighted by Crippen LogP contribution is -2.05. The van der Waals surface area contributed by atoms with Gasteiger partial charge in [-0.3, -0.25) is 4.57 Å². The largest absolute Gasteiger partial charge is 0.495 e. The molecule has 2 aromatic rings. The number of nitrogens with one attached hydrogen (secondary N) is 1. The number of hydrogen-bond donors (Lipinski definition) is 1. The number of rotatable bonds is 5. The van der Waals surface area contributed by atoms with Gasteiger partial charge in [0.15, 0.2) is 0 Å². The molecule has 19 heavy (non-hydrogen) atoms. The van der Waals surface area contributed by atoms with Crippen molar-refractivity contribution in [1.82, 2.24) is 9.55 Å². The number of aryl methyl sites for hydroxylation is 1. The van der Waals surface area contributed by atoms with Crippen molar-refractivity contribution in [2.45, 2.75) is 6.92 Å². The minimum Gasteiger partial charge on any atom is -0.495 e. The van der Waals surface area contributed by atoms with Crippen molar-refractivity contribution in [3.63, 3.8) is 0 Å². The standard InChI is InChI=1S/C14H16BrN3O/c1-4-7-16-14-17-10(2)9-18(14)11-5-6-12(15)13(8-11)19-3/h4-6,8-9H,1,7H2,2-3H3,(H,16,17). The van der Waals surface area contributed by atoms with Gasteiger partial charge in [0.25, 0.3) is 0 Å². The average Bonchev–Trinajstić information content (AvgIpc) is 2.78. The van der Waals surface area contributed by atoms with Crippen molar-refractivity contribution in [2.75, 3.05) is 19.0 Å². The van der Waals surface area contributed by atoms with Gasteiger partial charge in [-0.25, -0.2) is 4.98 Å². The maximum atomic E-state index is 5.32. The molecule has 0 spiro atoms. The van der Waals surface area contributed by atoms with Crippen LogP contribution in [0.3, 0.4) is 0 Å². The Morgan fingerprint density at radius 2 is 2.32 bits per heavy atom. The van der Waals surface area contributed by atoms with Gasteiger partial charge in [-0.05, 0) is 35.0 Å². The van der Waals surface area contributed by atoms with Crippen LogP contribution >= 0.6 is 15.9 Å². The topological polar surface area (TPSA) is 39.1 Å². The number of ether oxygens (including phenoxy) is 1. The predicted octanol–water partition coefficient (Wildman–Crippen LogP) is 3.55. The fraction of sp³-hybridized carbons (Fsp3) is 0.214. The number of aromatic nitrogens is 2. The molecule has 1 aromatic heterocycles. The maximum absolute atomic E-state index is 5.32. The number of benzene rings is 1. The highest BCUT2D eigenvalue weighted by atomic mass is 79.9. The smallest absolute Gasteiger partial charge is 0.207 e. The fourth-order valence-electron chi connectivity index (χ4n) is 1.78. The maximum Gasteiger partial charge on any atom is 0.207 e. The summed E-state index contributed by atoms with van der Waals surface area (Å²) in [6.07, 6.45) is 3.78. The van der Waals surface area contributed by atoms with E-state index in [0.717, 1.165) is 27.6 Å². The Balaban J connectivity index is 2.42. The van der Waals surface area contributed by atoms with E-state index in [9.17, 15) is 0 Å². The SMILES string of the molecule is C=CCNc1nc(C)cn1-c1ccc(Br)c(OC)c1. The van der Waals surface area contributed by atoms with Gasteiger partial charge in [-0.1, -0.05) is 6.08 Å². The Kier molecular flexibility index (Phi) is 4.27. The Labute approximate surface area is 121 Å². The molecule has 1 heterocycles. The zero-order valence-electron chi connectivity index (χ0n) is 11.0. The molecule has 0 fully saturated rings. The molecule has 0 atom stereocenters. The summed E-state index contributed by atoms with van der Waals surface area (Å²) in [5, 5.41) is 3.22. The molecule has 4 nitrogen and oxygen atoms in total. The minimum absolute atomic E-state index is 0.671. The molecular weight excluding hydrogens is 306 g/mol. The molecule has 0 amide bonds. The molecule has 0 saturated heterocycles. The zero-order valence-corrected chi connectivity index (χ0v) is 12.6. The van der Waals surface area contributed by atoms with Gasteiger partial charge in [0.05, 0.1) is 23.0 Å². The summed E-state index contributed by atoms with van der Waals surface area (Å²) in [6, 6.07) is 5.93. The fourth-order valence-corrected chi connectivity index (χ4v) is 2.19. The summed E-state index contributed by atoms with van der Waals surface area (Å²) < 4.78 is 8.24.